The van der Waals surface area contributed by atoms with Gasteiger partial charge in [0.15, 0.2) is 5.69 Å². The number of hydrogen-bond donors (Lipinski definition) is 1. The van der Waals surface area contributed by atoms with Crippen molar-refractivity contribution in [3.05, 3.63) is 41.2 Å². The van der Waals surface area contributed by atoms with Crippen molar-refractivity contribution in [2.75, 3.05) is 19.7 Å². The van der Waals surface area contributed by atoms with Crippen LogP contribution in [0.25, 0.3) is 5.69 Å². The minimum atomic E-state index is -0.944. The number of ether oxygens (including phenoxy) is 1. The van der Waals surface area contributed by atoms with Crippen molar-refractivity contribution in [2.24, 2.45) is 0 Å². The first-order valence-electron chi connectivity index (χ1n) is 8.07. The summed E-state index contributed by atoms with van der Waals surface area (Å²) in [6.45, 7) is 4.75. The van der Waals surface area contributed by atoms with Gasteiger partial charge in [0, 0.05) is 13.1 Å². The number of amides is 1. The van der Waals surface area contributed by atoms with Crippen molar-refractivity contribution in [3.8, 4) is 5.69 Å². The van der Waals surface area contributed by atoms with Crippen LogP contribution in [-0.2, 0) is 9.53 Å². The van der Waals surface area contributed by atoms with Gasteiger partial charge in [-0.15, -0.1) is 5.10 Å². The number of carboxylic acid groups (broad SMARTS) is 1. The van der Waals surface area contributed by atoms with Crippen LogP contribution in [0.5, 0.6) is 0 Å². The summed E-state index contributed by atoms with van der Waals surface area (Å²) in [7, 11) is 0. The molecule has 0 bridgehead atoms. The number of carbonyl (C=O) groups is 2. The number of rotatable bonds is 4. The lowest BCUT2D eigenvalue weighted by atomic mass is 10.2. The number of carboxylic acids is 1. The first kappa shape index (κ1) is 17.1. The monoisotopic (exact) mass is 344 g/mol. The van der Waals surface area contributed by atoms with Gasteiger partial charge in [-0.3, -0.25) is 9.59 Å². The number of aromatic nitrogens is 3. The summed E-state index contributed by atoms with van der Waals surface area (Å²) < 4.78 is 7.03. The summed E-state index contributed by atoms with van der Waals surface area (Å²) in [6, 6.07) is 7.78. The van der Waals surface area contributed by atoms with E-state index in [1.54, 1.807) is 16.5 Å². The first-order chi connectivity index (χ1) is 12.0. The van der Waals surface area contributed by atoms with Gasteiger partial charge in [-0.2, -0.15) is 0 Å². The van der Waals surface area contributed by atoms with E-state index in [4.69, 9.17) is 9.84 Å². The summed E-state index contributed by atoms with van der Waals surface area (Å²) in [5, 5.41) is 17.0. The Balaban J connectivity index is 1.79. The lowest BCUT2D eigenvalue weighted by molar-refractivity contribution is -0.141. The highest BCUT2D eigenvalue weighted by Crippen LogP contribution is 2.17. The zero-order valence-electron chi connectivity index (χ0n) is 14.2. The van der Waals surface area contributed by atoms with Crippen LogP contribution in [0, 0.1) is 13.8 Å². The van der Waals surface area contributed by atoms with Gasteiger partial charge in [-0.05, 0) is 26.0 Å². The number of carbonyl (C=O) groups excluding carboxylic acids is 1. The maximum Gasteiger partial charge on any atom is 0.306 e. The zero-order valence-corrected chi connectivity index (χ0v) is 14.2. The van der Waals surface area contributed by atoms with Crippen LogP contribution in [-0.4, -0.2) is 62.7 Å². The van der Waals surface area contributed by atoms with E-state index >= 15 is 0 Å². The number of aryl methyl sites for hydroxylation is 1. The predicted molar refractivity (Wildman–Crippen MR) is 88.7 cm³/mol. The minimum Gasteiger partial charge on any atom is -0.481 e. The third-order valence-corrected chi connectivity index (χ3v) is 4.20. The maximum atomic E-state index is 12.8. The third-order valence-electron chi connectivity index (χ3n) is 4.20. The summed E-state index contributed by atoms with van der Waals surface area (Å²) in [4.78, 5) is 25.2. The predicted octanol–water partition coefficient (Wildman–Crippen LogP) is 1.20. The van der Waals surface area contributed by atoms with E-state index in [1.165, 1.54) is 0 Å². The van der Waals surface area contributed by atoms with Gasteiger partial charge in [0.1, 0.15) is 0 Å². The molecule has 0 aliphatic carbocycles. The number of morpholine rings is 1. The van der Waals surface area contributed by atoms with Crippen molar-refractivity contribution in [3.63, 3.8) is 0 Å². The molecule has 8 nitrogen and oxygen atoms in total. The van der Waals surface area contributed by atoms with Crippen LogP contribution >= 0.6 is 0 Å². The molecular formula is C17H20N4O4. The van der Waals surface area contributed by atoms with Crippen molar-refractivity contribution < 1.29 is 19.4 Å². The highest BCUT2D eigenvalue weighted by Gasteiger charge is 2.29. The highest BCUT2D eigenvalue weighted by atomic mass is 16.5. The van der Waals surface area contributed by atoms with Crippen molar-refractivity contribution in [2.45, 2.75) is 26.4 Å². The van der Waals surface area contributed by atoms with Gasteiger partial charge in [0.05, 0.1) is 30.5 Å². The smallest absolute Gasteiger partial charge is 0.306 e. The molecule has 1 atom stereocenters. The Morgan fingerprint density at radius 3 is 2.68 bits per heavy atom. The Morgan fingerprint density at radius 2 is 2.00 bits per heavy atom. The van der Waals surface area contributed by atoms with Gasteiger partial charge in [-0.25, -0.2) is 4.68 Å². The van der Waals surface area contributed by atoms with Crippen LogP contribution in [0.2, 0.25) is 0 Å². The Morgan fingerprint density at radius 1 is 1.28 bits per heavy atom. The topological polar surface area (TPSA) is 97.5 Å². The fourth-order valence-corrected chi connectivity index (χ4v) is 2.83. The van der Waals surface area contributed by atoms with Crippen LogP contribution < -0.4 is 0 Å². The van der Waals surface area contributed by atoms with E-state index in [1.807, 2.05) is 31.2 Å². The molecule has 1 amide bonds. The summed E-state index contributed by atoms with van der Waals surface area (Å²) >= 11 is 0. The fraction of sp³-hybridized carbons (Fsp3) is 0.412. The molecule has 1 aromatic carbocycles. The largest absolute Gasteiger partial charge is 0.481 e. The quantitative estimate of drug-likeness (QED) is 0.895. The molecule has 1 aliphatic heterocycles. The van der Waals surface area contributed by atoms with E-state index < -0.39 is 12.1 Å². The molecule has 1 fully saturated rings. The van der Waals surface area contributed by atoms with E-state index in [0.717, 1.165) is 11.3 Å². The number of nitrogens with zero attached hydrogens (tertiary/aromatic N) is 4. The van der Waals surface area contributed by atoms with E-state index in [-0.39, 0.29) is 24.6 Å². The molecule has 25 heavy (non-hydrogen) atoms. The van der Waals surface area contributed by atoms with Crippen LogP contribution in [0.15, 0.2) is 24.3 Å². The van der Waals surface area contributed by atoms with Gasteiger partial charge in [0.2, 0.25) is 0 Å². The van der Waals surface area contributed by atoms with E-state index in [9.17, 15) is 9.59 Å². The van der Waals surface area contributed by atoms with Gasteiger partial charge in [0.25, 0.3) is 5.91 Å². The highest BCUT2D eigenvalue weighted by molar-refractivity contribution is 5.93. The van der Waals surface area contributed by atoms with Crippen LogP contribution in [0.1, 0.15) is 28.2 Å². The summed E-state index contributed by atoms with van der Waals surface area (Å²) in [5.74, 6) is -1.20. The first-order valence-corrected chi connectivity index (χ1v) is 8.07. The molecule has 8 heteroatoms. The van der Waals surface area contributed by atoms with Gasteiger partial charge < -0.3 is 14.7 Å². The molecule has 2 aromatic rings. The molecule has 1 aliphatic rings. The Labute approximate surface area is 145 Å². The number of aliphatic carboxylic acids is 1. The second-order valence-corrected chi connectivity index (χ2v) is 6.11. The summed E-state index contributed by atoms with van der Waals surface area (Å²) in [6.07, 6.45) is -0.624. The second-order valence-electron chi connectivity index (χ2n) is 6.11. The minimum absolute atomic E-state index is 0.126. The molecule has 0 saturated carbocycles. The lowest BCUT2D eigenvalue weighted by Crippen LogP contribution is -2.46. The van der Waals surface area contributed by atoms with E-state index in [0.29, 0.717) is 18.8 Å². The Hall–Kier alpha value is -2.74. The molecular weight excluding hydrogens is 324 g/mol. The second kappa shape index (κ2) is 7.02. The Bertz CT molecular complexity index is 784. The molecule has 3 rings (SSSR count). The van der Waals surface area contributed by atoms with Crippen LogP contribution in [0.3, 0.4) is 0 Å². The molecule has 1 aromatic heterocycles. The zero-order chi connectivity index (χ0) is 18.0. The van der Waals surface area contributed by atoms with Gasteiger partial charge in [-0.1, -0.05) is 22.9 Å². The molecule has 1 saturated heterocycles. The Kier molecular flexibility index (Phi) is 4.80. The average molecular weight is 344 g/mol. The van der Waals surface area contributed by atoms with Crippen LogP contribution in [0.4, 0.5) is 0 Å². The average Bonchev–Trinajstić information content (AvgIpc) is 2.96. The van der Waals surface area contributed by atoms with Crippen molar-refractivity contribution >= 4 is 11.9 Å². The number of hydrogen-bond acceptors (Lipinski definition) is 5. The molecule has 2 heterocycles. The normalized spacial score (nSPS) is 17.5. The molecule has 0 unspecified atom stereocenters. The molecule has 0 radical (unpaired) electrons. The SMILES string of the molecule is Cc1ccc(-n2nnc(C(=O)N3CCO[C@H](CC(=O)O)C3)c2C)cc1. The fourth-order valence-electron chi connectivity index (χ4n) is 2.83. The standard InChI is InChI=1S/C17H20N4O4/c1-11-3-5-13(6-4-11)21-12(2)16(18-19-21)17(24)20-7-8-25-14(10-20)9-15(22)23/h3-6,14H,7-10H2,1-2H3,(H,22,23)/t14-/m1/s1. The van der Waals surface area contributed by atoms with Crippen molar-refractivity contribution in [1.82, 2.24) is 19.9 Å². The summed E-state index contributed by atoms with van der Waals surface area (Å²) in [5.41, 5.74) is 2.89. The van der Waals surface area contributed by atoms with E-state index in [2.05, 4.69) is 10.3 Å². The third kappa shape index (κ3) is 3.69. The number of benzene rings is 1. The lowest BCUT2D eigenvalue weighted by Gasteiger charge is -2.31. The molecule has 1 N–H and O–H groups in total. The molecule has 0 spiro atoms. The maximum absolute atomic E-state index is 12.8. The molecule has 132 valence electrons. The van der Waals surface area contributed by atoms with Crippen molar-refractivity contribution in [1.29, 1.82) is 0 Å². The van der Waals surface area contributed by atoms with Gasteiger partial charge >= 0.3 is 5.97 Å².